The number of ether oxygens (including phenoxy) is 1. The molecule has 0 aliphatic heterocycles. The second-order valence-electron chi connectivity index (χ2n) is 6.77. The lowest BCUT2D eigenvalue weighted by molar-refractivity contribution is 0.0590. The molecule has 28 heavy (non-hydrogen) atoms. The molecule has 0 aliphatic rings. The van der Waals surface area contributed by atoms with Crippen molar-refractivity contribution in [2.45, 2.75) is 26.2 Å². The van der Waals surface area contributed by atoms with E-state index in [0.717, 1.165) is 18.2 Å². The third-order valence-corrected chi connectivity index (χ3v) is 4.51. The van der Waals surface area contributed by atoms with Crippen LogP contribution in [0.25, 0.3) is 10.9 Å². The molecule has 0 atom stereocenters. The number of esters is 1. The number of aromatic hydroxyl groups is 1. The number of nitrogens with zero attached hydrogens (tertiary/aromatic N) is 2. The lowest BCUT2D eigenvalue weighted by atomic mass is 9.99. The zero-order valence-electron chi connectivity index (χ0n) is 15.8. The second kappa shape index (κ2) is 7.64. The summed E-state index contributed by atoms with van der Waals surface area (Å²) in [6.45, 7) is 4.25. The molecule has 0 unspecified atom stereocenters. The Balaban J connectivity index is 2.06. The third-order valence-electron chi connectivity index (χ3n) is 4.51. The normalized spacial score (nSPS) is 11.0. The van der Waals surface area contributed by atoms with Crippen molar-refractivity contribution in [3.63, 3.8) is 0 Å². The van der Waals surface area contributed by atoms with E-state index in [2.05, 4.69) is 40.7 Å². The Morgan fingerprint density at radius 1 is 1.11 bits per heavy atom. The van der Waals surface area contributed by atoms with Crippen molar-refractivity contribution in [1.82, 2.24) is 9.97 Å². The Labute approximate surface area is 161 Å². The molecule has 0 spiro atoms. The molecule has 0 bridgehead atoms. The first-order valence-corrected chi connectivity index (χ1v) is 8.73. The minimum Gasteiger partial charge on any atom is -0.504 e. The van der Waals surface area contributed by atoms with Crippen LogP contribution in [0.2, 0.25) is 0 Å². The van der Waals surface area contributed by atoms with Crippen LogP contribution < -0.4 is 0 Å². The molecule has 0 fully saturated rings. The van der Waals surface area contributed by atoms with E-state index in [1.165, 1.54) is 5.56 Å². The Morgan fingerprint density at radius 3 is 2.36 bits per heavy atom. The summed E-state index contributed by atoms with van der Waals surface area (Å²) in [5.74, 6) is -2.32. The van der Waals surface area contributed by atoms with Gasteiger partial charge in [-0.2, -0.15) is 0 Å². The van der Waals surface area contributed by atoms with E-state index in [1.807, 2.05) is 12.1 Å². The van der Waals surface area contributed by atoms with E-state index < -0.39 is 23.4 Å². The van der Waals surface area contributed by atoms with E-state index in [1.54, 1.807) is 12.3 Å². The number of carboxylic acids is 1. The van der Waals surface area contributed by atoms with Crippen molar-refractivity contribution in [2.24, 2.45) is 0 Å². The smallest absolute Gasteiger partial charge is 0.360 e. The summed E-state index contributed by atoms with van der Waals surface area (Å²) in [6.07, 6.45) is 2.09. The maximum absolute atomic E-state index is 11.8. The van der Waals surface area contributed by atoms with Crippen molar-refractivity contribution in [2.75, 3.05) is 7.11 Å². The number of aromatic nitrogens is 2. The van der Waals surface area contributed by atoms with Gasteiger partial charge in [0, 0.05) is 11.6 Å². The Kier molecular flexibility index (Phi) is 5.26. The molecule has 2 aromatic heterocycles. The molecule has 7 nitrogen and oxygen atoms in total. The summed E-state index contributed by atoms with van der Waals surface area (Å²) < 4.78 is 4.55. The lowest BCUT2D eigenvalue weighted by Crippen LogP contribution is -2.11. The largest absolute Gasteiger partial charge is 0.504 e. The van der Waals surface area contributed by atoms with Crippen LogP contribution in [0.1, 0.15) is 57.4 Å². The summed E-state index contributed by atoms with van der Waals surface area (Å²) in [6, 6.07) is 9.79. The average Bonchev–Trinajstić information content (AvgIpc) is 2.67. The van der Waals surface area contributed by atoms with Gasteiger partial charge >= 0.3 is 11.9 Å². The molecule has 2 N–H and O–H groups in total. The Morgan fingerprint density at radius 2 is 1.79 bits per heavy atom. The van der Waals surface area contributed by atoms with Crippen LogP contribution in [-0.4, -0.2) is 39.2 Å². The molecule has 0 aliphatic carbocycles. The number of carbonyl (C=O) groups is 2. The number of pyridine rings is 2. The maximum atomic E-state index is 11.8. The van der Waals surface area contributed by atoms with E-state index in [0.29, 0.717) is 12.3 Å². The van der Waals surface area contributed by atoms with Crippen LogP contribution in [0.5, 0.6) is 5.75 Å². The minimum atomic E-state index is -1.32. The van der Waals surface area contributed by atoms with Gasteiger partial charge in [0.05, 0.1) is 7.11 Å². The molecular formula is C21H20N2O5. The van der Waals surface area contributed by atoms with Gasteiger partial charge in [-0.3, -0.25) is 4.98 Å². The highest BCUT2D eigenvalue weighted by Crippen LogP contribution is 2.29. The number of carbonyl (C=O) groups excluding carboxylic acids is 1. The molecule has 0 radical (unpaired) electrons. The Bertz CT molecular complexity index is 1060. The van der Waals surface area contributed by atoms with Crippen LogP contribution in [0.15, 0.2) is 36.5 Å². The van der Waals surface area contributed by atoms with Gasteiger partial charge in [-0.15, -0.1) is 0 Å². The number of methoxy groups -OCH3 is 1. The summed E-state index contributed by atoms with van der Waals surface area (Å²) in [5, 5.41) is 20.0. The van der Waals surface area contributed by atoms with Crippen molar-refractivity contribution in [3.8, 4) is 5.75 Å². The molecule has 2 heterocycles. The summed E-state index contributed by atoms with van der Waals surface area (Å²) in [5.41, 5.74) is 2.20. The number of aromatic carboxylic acids is 1. The summed E-state index contributed by atoms with van der Waals surface area (Å²) >= 11 is 0. The molecule has 0 saturated heterocycles. The summed E-state index contributed by atoms with van der Waals surface area (Å²) in [7, 11) is 1.12. The van der Waals surface area contributed by atoms with Crippen LogP contribution >= 0.6 is 0 Å². The molecule has 1 aromatic carbocycles. The number of hydrogen-bond donors (Lipinski definition) is 2. The standard InChI is InChI=1S/C21H20N2O5/c1-11(2)14-6-4-12(5-7-14)8-13-9-15-16(22-10-13)19(24)18(21(27)28-3)23-17(15)20(25)26/h4-7,9-11,24H,8H2,1-3H3,(H,25,26). The Hall–Kier alpha value is -3.48. The topological polar surface area (TPSA) is 110 Å². The van der Waals surface area contributed by atoms with E-state index in [4.69, 9.17) is 0 Å². The molecule has 0 amide bonds. The van der Waals surface area contributed by atoms with Crippen molar-refractivity contribution in [3.05, 3.63) is 64.6 Å². The zero-order chi connectivity index (χ0) is 20.4. The first-order chi connectivity index (χ1) is 13.3. The van der Waals surface area contributed by atoms with Gasteiger partial charge in [0.1, 0.15) is 5.52 Å². The number of benzene rings is 1. The maximum Gasteiger partial charge on any atom is 0.360 e. The molecule has 144 valence electrons. The van der Waals surface area contributed by atoms with Gasteiger partial charge in [-0.1, -0.05) is 38.1 Å². The average molecular weight is 380 g/mol. The predicted octanol–water partition coefficient (Wildman–Crippen LogP) is 3.53. The van der Waals surface area contributed by atoms with Crippen molar-refractivity contribution in [1.29, 1.82) is 0 Å². The number of rotatable bonds is 5. The number of carboxylic acid groups (broad SMARTS) is 1. The minimum absolute atomic E-state index is 0.00768. The summed E-state index contributed by atoms with van der Waals surface area (Å²) in [4.78, 5) is 31.4. The van der Waals surface area contributed by atoms with Crippen LogP contribution in [0, 0.1) is 0 Å². The van der Waals surface area contributed by atoms with Gasteiger partial charge in [0.25, 0.3) is 0 Å². The number of fused-ring (bicyclic) bond motifs is 1. The van der Waals surface area contributed by atoms with Crippen LogP contribution in [0.3, 0.4) is 0 Å². The van der Waals surface area contributed by atoms with E-state index >= 15 is 0 Å². The van der Waals surface area contributed by atoms with E-state index in [-0.39, 0.29) is 16.6 Å². The highest BCUT2D eigenvalue weighted by atomic mass is 16.5. The second-order valence-corrected chi connectivity index (χ2v) is 6.77. The fourth-order valence-electron chi connectivity index (χ4n) is 2.97. The molecule has 7 heteroatoms. The highest BCUT2D eigenvalue weighted by Gasteiger charge is 2.23. The fourth-order valence-corrected chi connectivity index (χ4v) is 2.97. The SMILES string of the molecule is COC(=O)c1nc(C(=O)O)c2cc(Cc3ccc(C(C)C)cc3)cnc2c1O. The van der Waals surface area contributed by atoms with Gasteiger partial charge in [0.15, 0.2) is 17.1 Å². The zero-order valence-corrected chi connectivity index (χ0v) is 15.8. The first-order valence-electron chi connectivity index (χ1n) is 8.73. The molecular weight excluding hydrogens is 360 g/mol. The van der Waals surface area contributed by atoms with Gasteiger partial charge < -0.3 is 14.9 Å². The van der Waals surface area contributed by atoms with E-state index in [9.17, 15) is 19.8 Å². The quantitative estimate of drug-likeness (QED) is 0.652. The molecule has 3 aromatic rings. The van der Waals surface area contributed by atoms with Gasteiger partial charge in [-0.05, 0) is 35.1 Å². The highest BCUT2D eigenvalue weighted by molar-refractivity contribution is 6.06. The third kappa shape index (κ3) is 3.64. The lowest BCUT2D eigenvalue weighted by Gasteiger charge is -2.10. The van der Waals surface area contributed by atoms with Crippen LogP contribution in [-0.2, 0) is 11.2 Å². The molecule has 3 rings (SSSR count). The monoisotopic (exact) mass is 380 g/mol. The fraction of sp³-hybridized carbons (Fsp3) is 0.238. The first kappa shape index (κ1) is 19.3. The van der Waals surface area contributed by atoms with Crippen molar-refractivity contribution < 1.29 is 24.5 Å². The number of hydrogen-bond acceptors (Lipinski definition) is 6. The van der Waals surface area contributed by atoms with Crippen LogP contribution in [0.4, 0.5) is 0 Å². The van der Waals surface area contributed by atoms with Gasteiger partial charge in [-0.25, -0.2) is 14.6 Å². The predicted molar refractivity (Wildman–Crippen MR) is 103 cm³/mol. The van der Waals surface area contributed by atoms with Gasteiger partial charge in [0.2, 0.25) is 0 Å². The van der Waals surface area contributed by atoms with Crippen molar-refractivity contribution >= 4 is 22.8 Å². The molecule has 0 saturated carbocycles.